The van der Waals surface area contributed by atoms with E-state index in [0.717, 1.165) is 76.3 Å². The third kappa shape index (κ3) is 8.10. The molecule has 2 amide bonds. The number of amides is 2. The fourth-order valence-electron chi connectivity index (χ4n) is 4.42. The third-order valence-electron chi connectivity index (χ3n) is 6.33. The van der Waals surface area contributed by atoms with Crippen molar-refractivity contribution in [2.45, 2.75) is 102 Å². The van der Waals surface area contributed by atoms with Crippen molar-refractivity contribution >= 4 is 11.8 Å². The number of carbonyl (C=O) groups excluding carboxylic acids is 2. The van der Waals surface area contributed by atoms with Gasteiger partial charge in [0, 0.05) is 31.5 Å². The molecular weight excluding hydrogens is 376 g/mol. The van der Waals surface area contributed by atoms with Crippen LogP contribution in [-0.2, 0) is 16.0 Å². The molecule has 1 aliphatic carbocycles. The smallest absolute Gasteiger partial charge is 0.222 e. The highest BCUT2D eigenvalue weighted by molar-refractivity contribution is 5.77. The molecule has 1 unspecified atom stereocenters. The second-order valence-corrected chi connectivity index (χ2v) is 9.06. The Labute approximate surface area is 181 Å². The minimum Gasteiger partial charge on any atom is -0.393 e. The lowest BCUT2D eigenvalue weighted by Crippen LogP contribution is -2.44. The molecule has 5 nitrogen and oxygen atoms in total. The van der Waals surface area contributed by atoms with Crippen molar-refractivity contribution in [1.82, 2.24) is 10.2 Å². The predicted octanol–water partition coefficient (Wildman–Crippen LogP) is 3.98. The molecule has 2 aliphatic rings. The molecule has 5 heteroatoms. The van der Waals surface area contributed by atoms with E-state index in [1.807, 2.05) is 18.2 Å². The first-order chi connectivity index (χ1) is 14.6. The van der Waals surface area contributed by atoms with Gasteiger partial charge in [-0.05, 0) is 63.4 Å². The number of piperidine rings is 1. The minimum absolute atomic E-state index is 0.192. The molecule has 1 saturated carbocycles. The molecule has 1 aromatic carbocycles. The second-order valence-electron chi connectivity index (χ2n) is 9.06. The van der Waals surface area contributed by atoms with Gasteiger partial charge in [-0.15, -0.1) is 0 Å². The Hall–Kier alpha value is -1.88. The Morgan fingerprint density at radius 2 is 1.87 bits per heavy atom. The summed E-state index contributed by atoms with van der Waals surface area (Å²) in [6.07, 6.45) is 11.5. The molecule has 0 spiro atoms. The van der Waals surface area contributed by atoms with Crippen LogP contribution < -0.4 is 5.32 Å². The number of hydrogen-bond acceptors (Lipinski definition) is 3. The first-order valence-electron chi connectivity index (χ1n) is 11.9. The summed E-state index contributed by atoms with van der Waals surface area (Å²) in [6, 6.07) is 10.8. The molecule has 30 heavy (non-hydrogen) atoms. The molecular formula is C25H38N2O3. The highest BCUT2D eigenvalue weighted by Gasteiger charge is 2.28. The molecule has 3 rings (SSSR count). The van der Waals surface area contributed by atoms with Crippen molar-refractivity contribution in [3.8, 4) is 0 Å². The monoisotopic (exact) mass is 414 g/mol. The van der Waals surface area contributed by atoms with Gasteiger partial charge >= 0.3 is 0 Å². The number of aliphatic hydroxyl groups excluding tert-OH is 1. The Balaban J connectivity index is 1.32. The van der Waals surface area contributed by atoms with Gasteiger partial charge in [-0.1, -0.05) is 43.2 Å². The van der Waals surface area contributed by atoms with Crippen LogP contribution in [0.3, 0.4) is 0 Å². The van der Waals surface area contributed by atoms with E-state index in [4.69, 9.17) is 0 Å². The van der Waals surface area contributed by atoms with Crippen molar-refractivity contribution in [2.24, 2.45) is 0 Å². The third-order valence-corrected chi connectivity index (χ3v) is 6.33. The normalized spacial score (nSPS) is 20.2. The van der Waals surface area contributed by atoms with E-state index in [0.29, 0.717) is 25.3 Å². The zero-order chi connectivity index (χ0) is 21.2. The summed E-state index contributed by atoms with van der Waals surface area (Å²) < 4.78 is 0. The maximum absolute atomic E-state index is 12.5. The molecule has 1 aliphatic heterocycles. The van der Waals surface area contributed by atoms with Crippen LogP contribution in [0.4, 0.5) is 0 Å². The summed E-state index contributed by atoms with van der Waals surface area (Å²) in [4.78, 5) is 26.3. The summed E-state index contributed by atoms with van der Waals surface area (Å²) in [5, 5.41) is 13.5. The Kier molecular flexibility index (Phi) is 9.19. The molecule has 0 bridgehead atoms. The van der Waals surface area contributed by atoms with Gasteiger partial charge < -0.3 is 15.3 Å². The van der Waals surface area contributed by atoms with Gasteiger partial charge in [0.05, 0.1) is 6.10 Å². The Morgan fingerprint density at radius 1 is 1.10 bits per heavy atom. The summed E-state index contributed by atoms with van der Waals surface area (Å²) in [5.41, 5.74) is 1.16. The van der Waals surface area contributed by atoms with Crippen molar-refractivity contribution < 1.29 is 14.7 Å². The maximum atomic E-state index is 12.5. The average Bonchev–Trinajstić information content (AvgIpc) is 3.55. The first-order valence-corrected chi connectivity index (χ1v) is 11.9. The molecule has 1 aromatic rings. The number of likely N-dealkylation sites (tertiary alicyclic amines) is 1. The van der Waals surface area contributed by atoms with Gasteiger partial charge in [0.1, 0.15) is 0 Å². The predicted molar refractivity (Wildman–Crippen MR) is 119 cm³/mol. The van der Waals surface area contributed by atoms with Crippen LogP contribution in [0.5, 0.6) is 0 Å². The highest BCUT2D eigenvalue weighted by atomic mass is 16.3. The van der Waals surface area contributed by atoms with E-state index < -0.39 is 0 Å². The van der Waals surface area contributed by atoms with E-state index >= 15 is 0 Å². The molecule has 0 radical (unpaired) electrons. The van der Waals surface area contributed by atoms with Crippen molar-refractivity contribution in [3.05, 3.63) is 35.9 Å². The van der Waals surface area contributed by atoms with Crippen LogP contribution in [0.15, 0.2) is 30.3 Å². The Bertz CT molecular complexity index is 660. The number of nitrogens with one attached hydrogen (secondary N) is 1. The summed E-state index contributed by atoms with van der Waals surface area (Å²) >= 11 is 0. The van der Waals surface area contributed by atoms with Crippen molar-refractivity contribution in [2.75, 3.05) is 6.54 Å². The van der Waals surface area contributed by atoms with Gasteiger partial charge in [-0.3, -0.25) is 9.59 Å². The largest absolute Gasteiger partial charge is 0.393 e. The van der Waals surface area contributed by atoms with Gasteiger partial charge in [0.2, 0.25) is 11.8 Å². The fraction of sp³-hybridized carbons (Fsp3) is 0.680. The van der Waals surface area contributed by atoms with E-state index in [1.165, 1.54) is 0 Å². The number of aliphatic hydroxyl groups is 1. The van der Waals surface area contributed by atoms with Crippen LogP contribution in [0.25, 0.3) is 0 Å². The summed E-state index contributed by atoms with van der Waals surface area (Å²) in [5.74, 6) is 0.463. The minimum atomic E-state index is -0.354. The van der Waals surface area contributed by atoms with Crippen molar-refractivity contribution in [3.63, 3.8) is 0 Å². The van der Waals surface area contributed by atoms with E-state index in [2.05, 4.69) is 22.3 Å². The fourth-order valence-corrected chi connectivity index (χ4v) is 4.42. The van der Waals surface area contributed by atoms with Crippen LogP contribution in [0.2, 0.25) is 0 Å². The molecule has 2 fully saturated rings. The van der Waals surface area contributed by atoms with E-state index in [9.17, 15) is 14.7 Å². The molecule has 1 saturated heterocycles. The first kappa shape index (κ1) is 22.8. The molecule has 1 heterocycles. The van der Waals surface area contributed by atoms with E-state index in [-0.39, 0.29) is 24.0 Å². The molecule has 166 valence electrons. The number of benzene rings is 1. The quantitative estimate of drug-likeness (QED) is 0.480. The molecule has 2 atom stereocenters. The Morgan fingerprint density at radius 3 is 2.63 bits per heavy atom. The molecule has 2 N–H and O–H groups in total. The zero-order valence-corrected chi connectivity index (χ0v) is 18.2. The van der Waals surface area contributed by atoms with Gasteiger partial charge in [0.25, 0.3) is 0 Å². The van der Waals surface area contributed by atoms with E-state index in [1.54, 1.807) is 0 Å². The number of rotatable bonds is 13. The van der Waals surface area contributed by atoms with Gasteiger partial charge in [0.15, 0.2) is 0 Å². The maximum Gasteiger partial charge on any atom is 0.222 e. The van der Waals surface area contributed by atoms with Gasteiger partial charge in [-0.2, -0.15) is 0 Å². The number of unbranched alkanes of at least 4 members (excludes halogenated alkanes) is 3. The highest BCUT2D eigenvalue weighted by Crippen LogP contribution is 2.24. The SMILES string of the molecule is O=C(CCCCCCN1C(=O)CCC[C@@H]1CCC(O)Cc1ccccc1)NC1CC1. The van der Waals surface area contributed by atoms with Gasteiger partial charge in [-0.25, -0.2) is 0 Å². The summed E-state index contributed by atoms with van der Waals surface area (Å²) in [6.45, 7) is 0.812. The number of carbonyl (C=O) groups is 2. The number of hydrogen-bond donors (Lipinski definition) is 2. The van der Waals surface area contributed by atoms with Crippen LogP contribution in [0.1, 0.15) is 82.6 Å². The lowest BCUT2D eigenvalue weighted by atomic mass is 9.94. The van der Waals surface area contributed by atoms with Crippen molar-refractivity contribution in [1.29, 1.82) is 0 Å². The van der Waals surface area contributed by atoms with Crippen LogP contribution in [0, 0.1) is 0 Å². The molecule has 0 aromatic heterocycles. The topological polar surface area (TPSA) is 69.6 Å². The van der Waals surface area contributed by atoms with Crippen LogP contribution in [-0.4, -0.2) is 46.6 Å². The second kappa shape index (κ2) is 12.1. The average molecular weight is 415 g/mol. The van der Waals surface area contributed by atoms with Crippen LogP contribution >= 0.6 is 0 Å². The summed E-state index contributed by atoms with van der Waals surface area (Å²) in [7, 11) is 0. The standard InChI is InChI=1S/C25H38N2O3/c28-23(19-20-9-4-3-5-10-20)17-16-22-11-8-13-25(30)27(22)18-7-2-1-6-12-24(29)26-21-14-15-21/h3-5,9-10,21-23,28H,1-2,6-8,11-19H2,(H,26,29)/t22-,23?/m1/s1. The lowest BCUT2D eigenvalue weighted by Gasteiger charge is -2.36. The zero-order valence-electron chi connectivity index (χ0n) is 18.2. The number of nitrogens with zero attached hydrogens (tertiary/aromatic N) is 1. The lowest BCUT2D eigenvalue weighted by molar-refractivity contribution is -0.136.